The van der Waals surface area contributed by atoms with Gasteiger partial charge in [0.2, 0.25) is 5.91 Å². The molecule has 2 atom stereocenters. The van der Waals surface area contributed by atoms with Crippen LogP contribution in [-0.2, 0) is 4.79 Å². The molecule has 0 rings (SSSR count). The minimum absolute atomic E-state index is 0.0653. The molecule has 0 heterocycles. The Morgan fingerprint density at radius 3 is 0.917 bits per heavy atom. The van der Waals surface area contributed by atoms with Crippen molar-refractivity contribution in [2.24, 2.45) is 0 Å². The molecule has 0 aromatic heterocycles. The zero-order valence-corrected chi connectivity index (χ0v) is 47.7. The summed E-state index contributed by atoms with van der Waals surface area (Å²) in [5, 5.41) is 23.2. The molecule has 0 aromatic rings. The molecular weight excluding hydrogens is 879 g/mol. The molecule has 0 aromatic carbocycles. The first kappa shape index (κ1) is 69.0. The quantitative estimate of drug-likeness (QED) is 0.0420. The van der Waals surface area contributed by atoms with Crippen molar-refractivity contribution in [2.75, 3.05) is 6.61 Å². The molecule has 0 saturated carbocycles. The molecule has 4 nitrogen and oxygen atoms in total. The van der Waals surface area contributed by atoms with Crippen LogP contribution in [0.25, 0.3) is 0 Å². The maximum Gasteiger partial charge on any atom is 0.220 e. The maximum absolute atomic E-state index is 12.5. The van der Waals surface area contributed by atoms with E-state index in [-0.39, 0.29) is 12.5 Å². The van der Waals surface area contributed by atoms with E-state index >= 15 is 0 Å². The summed E-state index contributed by atoms with van der Waals surface area (Å²) in [7, 11) is 0. The van der Waals surface area contributed by atoms with Crippen LogP contribution in [0.2, 0.25) is 0 Å². The van der Waals surface area contributed by atoms with Crippen molar-refractivity contribution >= 4 is 5.91 Å². The predicted molar refractivity (Wildman–Crippen MR) is 322 cm³/mol. The highest BCUT2D eigenvalue weighted by Gasteiger charge is 2.18. The SMILES string of the molecule is CC/C=C\C/C=C\C/C=C\C/C=C\C/C=C\C/C=C\C/C=C\C/C=C\CCCCCCCCCCCCCCCCC(=O)NC(CO)C(O)/C=C/CCCCCCCCCCCCCCCCCCCCC. The van der Waals surface area contributed by atoms with Crippen LogP contribution in [0.1, 0.15) is 296 Å². The van der Waals surface area contributed by atoms with Crippen LogP contribution in [0.3, 0.4) is 0 Å². The van der Waals surface area contributed by atoms with Gasteiger partial charge in [-0.25, -0.2) is 0 Å². The van der Waals surface area contributed by atoms with Crippen molar-refractivity contribution in [3.63, 3.8) is 0 Å². The number of carbonyl (C=O) groups is 1. The van der Waals surface area contributed by atoms with E-state index in [4.69, 9.17) is 0 Å². The Kier molecular flexibility index (Phi) is 59.8. The summed E-state index contributed by atoms with van der Waals surface area (Å²) < 4.78 is 0. The second kappa shape index (κ2) is 62.3. The highest BCUT2D eigenvalue weighted by atomic mass is 16.3. The standard InChI is InChI=1S/C68H119NO3/c1-3-5-7-9-11-13-15-17-19-21-23-25-26-27-28-29-30-31-32-33-34-35-36-37-38-39-40-41-42-44-46-48-50-52-54-56-58-60-62-64-68(72)69-66(65-70)67(71)63-61-59-57-55-53-51-49-47-45-43-24-22-20-18-16-14-12-10-8-6-4-2/h5,7,11,13,17,19,23,25,27-28,30-31,33-34,36-37,61,63,66-67,70-71H,3-4,6,8-10,12,14-16,18,20-22,24,26,29,32,35,38-60,62,64-65H2,1-2H3,(H,69,72)/b7-5-,13-11-,19-17-,25-23-,28-27-,31-30-,34-33-,37-36-,63-61+. The summed E-state index contributed by atoms with van der Waals surface area (Å²) in [6.07, 6.45) is 94.1. The second-order valence-electron chi connectivity index (χ2n) is 20.7. The average molecular weight is 999 g/mol. The molecule has 72 heavy (non-hydrogen) atoms. The molecule has 0 aliphatic heterocycles. The fraction of sp³-hybridized carbons (Fsp3) is 0.721. The van der Waals surface area contributed by atoms with Gasteiger partial charge in [-0.3, -0.25) is 4.79 Å². The molecular formula is C68H119NO3. The van der Waals surface area contributed by atoms with E-state index < -0.39 is 12.1 Å². The molecule has 2 unspecified atom stereocenters. The molecule has 0 aliphatic carbocycles. The zero-order valence-electron chi connectivity index (χ0n) is 47.7. The van der Waals surface area contributed by atoms with Crippen LogP contribution in [-0.4, -0.2) is 34.9 Å². The van der Waals surface area contributed by atoms with Crippen molar-refractivity contribution in [3.05, 3.63) is 109 Å². The fourth-order valence-corrected chi connectivity index (χ4v) is 9.08. The predicted octanol–water partition coefficient (Wildman–Crippen LogP) is 21.0. The van der Waals surface area contributed by atoms with Gasteiger partial charge >= 0.3 is 0 Å². The minimum atomic E-state index is -0.845. The number of hydrogen-bond acceptors (Lipinski definition) is 3. The summed E-state index contributed by atoms with van der Waals surface area (Å²) in [6.45, 7) is 4.21. The van der Waals surface area contributed by atoms with Crippen LogP contribution in [0.15, 0.2) is 109 Å². The zero-order chi connectivity index (χ0) is 52.0. The first-order valence-corrected chi connectivity index (χ1v) is 31.1. The van der Waals surface area contributed by atoms with Crippen LogP contribution in [0, 0.1) is 0 Å². The van der Waals surface area contributed by atoms with Crippen LogP contribution >= 0.6 is 0 Å². The number of unbranched alkanes of at least 4 members (excludes halogenated alkanes) is 33. The van der Waals surface area contributed by atoms with Gasteiger partial charge in [-0.15, -0.1) is 0 Å². The van der Waals surface area contributed by atoms with Gasteiger partial charge in [-0.2, -0.15) is 0 Å². The van der Waals surface area contributed by atoms with Crippen LogP contribution < -0.4 is 5.32 Å². The first-order valence-electron chi connectivity index (χ1n) is 31.1. The number of carbonyl (C=O) groups excluding carboxylic acids is 1. The van der Waals surface area contributed by atoms with Gasteiger partial charge in [0.25, 0.3) is 0 Å². The van der Waals surface area contributed by atoms with E-state index in [0.717, 1.165) is 77.0 Å². The highest BCUT2D eigenvalue weighted by Crippen LogP contribution is 2.17. The van der Waals surface area contributed by atoms with E-state index in [2.05, 4.69) is 116 Å². The molecule has 0 spiro atoms. The first-order chi connectivity index (χ1) is 35.7. The number of aliphatic hydroxyl groups is 2. The van der Waals surface area contributed by atoms with Gasteiger partial charge in [0.05, 0.1) is 18.8 Å². The lowest BCUT2D eigenvalue weighted by Gasteiger charge is -2.20. The molecule has 3 N–H and O–H groups in total. The summed E-state index contributed by atoms with van der Waals surface area (Å²) in [4.78, 5) is 12.5. The van der Waals surface area contributed by atoms with Crippen molar-refractivity contribution in [2.45, 2.75) is 309 Å². The van der Waals surface area contributed by atoms with E-state index in [0.29, 0.717) is 6.42 Å². The molecule has 0 aliphatic rings. The molecule has 0 saturated heterocycles. The van der Waals surface area contributed by atoms with E-state index in [1.807, 2.05) is 6.08 Å². The highest BCUT2D eigenvalue weighted by molar-refractivity contribution is 5.76. The smallest absolute Gasteiger partial charge is 0.220 e. The maximum atomic E-state index is 12.5. The summed E-state index contributed by atoms with van der Waals surface area (Å²) in [5.41, 5.74) is 0. The van der Waals surface area contributed by atoms with Crippen molar-refractivity contribution in [1.82, 2.24) is 5.32 Å². The van der Waals surface area contributed by atoms with Crippen molar-refractivity contribution < 1.29 is 15.0 Å². The minimum Gasteiger partial charge on any atom is -0.394 e. The Labute approximate surface area is 448 Å². The summed E-state index contributed by atoms with van der Waals surface area (Å²) in [6, 6.07) is -0.629. The van der Waals surface area contributed by atoms with E-state index in [1.165, 1.54) is 199 Å². The number of hydrogen-bond donors (Lipinski definition) is 3. The second-order valence-corrected chi connectivity index (χ2v) is 20.7. The number of rotatable bonds is 56. The number of aliphatic hydroxyl groups excluding tert-OH is 2. The lowest BCUT2D eigenvalue weighted by molar-refractivity contribution is -0.123. The van der Waals surface area contributed by atoms with E-state index in [9.17, 15) is 15.0 Å². The molecule has 0 fully saturated rings. The van der Waals surface area contributed by atoms with Gasteiger partial charge < -0.3 is 15.5 Å². The van der Waals surface area contributed by atoms with Gasteiger partial charge in [-0.1, -0.05) is 316 Å². The van der Waals surface area contributed by atoms with Gasteiger partial charge in [0.15, 0.2) is 0 Å². The van der Waals surface area contributed by atoms with Crippen LogP contribution in [0.5, 0.6) is 0 Å². The average Bonchev–Trinajstić information content (AvgIpc) is 3.39. The summed E-state index contributed by atoms with van der Waals surface area (Å²) in [5.74, 6) is -0.0653. The Morgan fingerprint density at radius 1 is 0.347 bits per heavy atom. The molecule has 414 valence electrons. The number of nitrogens with one attached hydrogen (secondary N) is 1. The van der Waals surface area contributed by atoms with Crippen molar-refractivity contribution in [3.8, 4) is 0 Å². The molecule has 0 radical (unpaired) electrons. The topological polar surface area (TPSA) is 69.6 Å². The van der Waals surface area contributed by atoms with Gasteiger partial charge in [-0.05, 0) is 83.5 Å². The molecule has 1 amide bonds. The van der Waals surface area contributed by atoms with E-state index in [1.54, 1.807) is 6.08 Å². The molecule has 4 heteroatoms. The third-order valence-corrected chi connectivity index (χ3v) is 13.8. The number of allylic oxidation sites excluding steroid dienone is 17. The van der Waals surface area contributed by atoms with Gasteiger partial charge in [0.1, 0.15) is 0 Å². The largest absolute Gasteiger partial charge is 0.394 e. The third-order valence-electron chi connectivity index (χ3n) is 13.8. The summed E-state index contributed by atoms with van der Waals surface area (Å²) >= 11 is 0. The van der Waals surface area contributed by atoms with Crippen molar-refractivity contribution in [1.29, 1.82) is 0 Å². The molecule has 0 bridgehead atoms. The Bertz CT molecular complexity index is 1360. The normalized spacial score (nSPS) is 13.6. The Morgan fingerprint density at radius 2 is 0.611 bits per heavy atom. The third kappa shape index (κ3) is 57.9. The lowest BCUT2D eigenvalue weighted by atomic mass is 10.0. The Balaban J connectivity index is 3.53. The lowest BCUT2D eigenvalue weighted by Crippen LogP contribution is -2.45. The van der Waals surface area contributed by atoms with Crippen LogP contribution in [0.4, 0.5) is 0 Å². The monoisotopic (exact) mass is 998 g/mol. The Hall–Kier alpha value is -2.95. The fourth-order valence-electron chi connectivity index (χ4n) is 9.08. The number of amides is 1. The van der Waals surface area contributed by atoms with Gasteiger partial charge in [0, 0.05) is 6.42 Å².